The number of aromatic nitrogens is 2. The van der Waals surface area contributed by atoms with Crippen molar-refractivity contribution in [1.82, 2.24) is 10.3 Å². The number of hydrogen-bond acceptors (Lipinski definition) is 3. The summed E-state index contributed by atoms with van der Waals surface area (Å²) in [7, 11) is 0. The molecule has 1 heterocycles. The summed E-state index contributed by atoms with van der Waals surface area (Å²) in [5.41, 5.74) is -2.53. The maximum atomic E-state index is 14.5. The molecule has 3 rings (SSSR count). The number of nitrogens with zero attached hydrogens (tertiary/aromatic N) is 2. The summed E-state index contributed by atoms with van der Waals surface area (Å²) in [6.07, 6.45) is 0. The molecule has 0 fully saturated rings. The Morgan fingerprint density at radius 1 is 0.565 bits per heavy atom. The normalized spacial score (nSPS) is 11.5. The van der Waals surface area contributed by atoms with E-state index in [1.165, 1.54) is 13.8 Å². The summed E-state index contributed by atoms with van der Waals surface area (Å²) >= 11 is 0. The van der Waals surface area contributed by atoms with Gasteiger partial charge in [-0.25, -0.2) is 31.0 Å². The van der Waals surface area contributed by atoms with Gasteiger partial charge in [0.25, 0.3) is 0 Å². The Morgan fingerprint density at radius 3 is 1.52 bits per heavy atom. The van der Waals surface area contributed by atoms with Crippen LogP contribution in [0.1, 0.15) is 11.1 Å². The molecule has 0 radical (unpaired) electrons. The molecular formula is C14H6F6N2O. The van der Waals surface area contributed by atoms with Crippen molar-refractivity contribution in [3.8, 4) is 11.1 Å². The molecule has 0 aliphatic rings. The Labute approximate surface area is 124 Å². The van der Waals surface area contributed by atoms with Crippen LogP contribution < -0.4 is 0 Å². The minimum absolute atomic E-state index is 0.00683. The highest BCUT2D eigenvalue weighted by Gasteiger charge is 2.31. The summed E-state index contributed by atoms with van der Waals surface area (Å²) in [6, 6.07) is 0. The van der Waals surface area contributed by atoms with Gasteiger partial charge in [0, 0.05) is 11.1 Å². The molecule has 23 heavy (non-hydrogen) atoms. The molecule has 0 atom stereocenters. The van der Waals surface area contributed by atoms with E-state index >= 15 is 0 Å². The maximum Gasteiger partial charge on any atom is 0.200 e. The van der Waals surface area contributed by atoms with Gasteiger partial charge in [-0.15, -0.1) is 0 Å². The van der Waals surface area contributed by atoms with Crippen molar-refractivity contribution >= 4 is 11.0 Å². The largest absolute Gasteiger partial charge is 0.243 e. The van der Waals surface area contributed by atoms with Crippen molar-refractivity contribution in [3.63, 3.8) is 0 Å². The Bertz CT molecular complexity index is 937. The average Bonchev–Trinajstić information content (AvgIpc) is 3.02. The molecule has 0 amide bonds. The first-order valence-corrected chi connectivity index (χ1v) is 6.20. The minimum Gasteiger partial charge on any atom is -0.243 e. The highest BCUT2D eigenvalue weighted by molar-refractivity contribution is 5.89. The van der Waals surface area contributed by atoms with Crippen LogP contribution in [0.3, 0.4) is 0 Å². The zero-order valence-corrected chi connectivity index (χ0v) is 11.6. The highest BCUT2D eigenvalue weighted by Crippen LogP contribution is 2.38. The number of benzene rings is 2. The molecule has 0 unspecified atom stereocenters. The van der Waals surface area contributed by atoms with Crippen LogP contribution in [0.5, 0.6) is 0 Å². The predicted molar refractivity (Wildman–Crippen MR) is 66.5 cm³/mol. The van der Waals surface area contributed by atoms with E-state index in [4.69, 9.17) is 0 Å². The molecule has 3 nitrogen and oxygen atoms in total. The van der Waals surface area contributed by atoms with Crippen molar-refractivity contribution in [2.45, 2.75) is 13.8 Å². The summed E-state index contributed by atoms with van der Waals surface area (Å²) < 4.78 is 86.7. The molecule has 2 aromatic carbocycles. The predicted octanol–water partition coefficient (Wildman–Crippen LogP) is 4.34. The van der Waals surface area contributed by atoms with Gasteiger partial charge in [0.2, 0.25) is 5.82 Å². The zero-order valence-electron chi connectivity index (χ0n) is 11.6. The van der Waals surface area contributed by atoms with Crippen LogP contribution in [0.2, 0.25) is 0 Å². The van der Waals surface area contributed by atoms with Crippen LogP contribution in [0, 0.1) is 48.8 Å². The van der Waals surface area contributed by atoms with Gasteiger partial charge in [-0.2, -0.15) is 0 Å². The Balaban J connectivity index is 2.53. The molecule has 120 valence electrons. The molecule has 1 aromatic heterocycles. The van der Waals surface area contributed by atoms with Crippen molar-refractivity contribution in [2.75, 3.05) is 0 Å². The summed E-state index contributed by atoms with van der Waals surface area (Å²) in [4.78, 5) is 0. The monoisotopic (exact) mass is 332 g/mol. The molecule has 0 spiro atoms. The van der Waals surface area contributed by atoms with Crippen LogP contribution in [0.25, 0.3) is 22.2 Å². The molecule has 0 saturated heterocycles. The Hall–Kier alpha value is -2.58. The first-order chi connectivity index (χ1) is 10.8. The second kappa shape index (κ2) is 4.97. The fourth-order valence-electron chi connectivity index (χ4n) is 2.38. The average molecular weight is 332 g/mol. The molecule has 0 bridgehead atoms. The van der Waals surface area contributed by atoms with Gasteiger partial charge in [-0.05, 0) is 29.7 Å². The smallest absolute Gasteiger partial charge is 0.200 e. The van der Waals surface area contributed by atoms with Crippen molar-refractivity contribution in [1.29, 1.82) is 0 Å². The lowest BCUT2D eigenvalue weighted by Gasteiger charge is -2.13. The van der Waals surface area contributed by atoms with E-state index in [-0.39, 0.29) is 22.2 Å². The Morgan fingerprint density at radius 2 is 1.00 bits per heavy atom. The molecule has 9 heteroatoms. The lowest BCUT2D eigenvalue weighted by atomic mass is 9.94. The minimum atomic E-state index is -2.32. The molecule has 0 saturated carbocycles. The van der Waals surface area contributed by atoms with Gasteiger partial charge in [0.15, 0.2) is 23.3 Å². The summed E-state index contributed by atoms with van der Waals surface area (Å²) in [5, 5.41) is 6.92. The van der Waals surface area contributed by atoms with Crippen molar-refractivity contribution in [2.24, 2.45) is 0 Å². The first kappa shape index (κ1) is 15.3. The van der Waals surface area contributed by atoms with Gasteiger partial charge in [-0.1, -0.05) is 0 Å². The van der Waals surface area contributed by atoms with E-state index in [0.29, 0.717) is 0 Å². The van der Waals surface area contributed by atoms with Crippen LogP contribution in [-0.2, 0) is 0 Å². The second-order valence-corrected chi connectivity index (χ2v) is 4.85. The summed E-state index contributed by atoms with van der Waals surface area (Å²) in [5.74, 6) is -12.1. The fourth-order valence-corrected chi connectivity index (χ4v) is 2.38. The quantitative estimate of drug-likeness (QED) is 0.378. The molecule has 3 aromatic rings. The molecule has 0 N–H and O–H groups in total. The van der Waals surface area contributed by atoms with Gasteiger partial charge in [-0.3, -0.25) is 0 Å². The SMILES string of the molecule is Cc1c(F)c(-c2c(F)c(F)c(F)c(F)c2F)c(C)c2nonc12. The van der Waals surface area contributed by atoms with E-state index < -0.39 is 46.0 Å². The van der Waals surface area contributed by atoms with Gasteiger partial charge in [0.05, 0.1) is 5.56 Å². The highest BCUT2D eigenvalue weighted by atomic mass is 19.2. The van der Waals surface area contributed by atoms with Crippen LogP contribution in [0.15, 0.2) is 4.63 Å². The van der Waals surface area contributed by atoms with Crippen LogP contribution in [0.4, 0.5) is 26.3 Å². The lowest BCUT2D eigenvalue weighted by Crippen LogP contribution is -2.07. The third-order valence-electron chi connectivity index (χ3n) is 3.58. The topological polar surface area (TPSA) is 38.9 Å². The molecule has 0 aliphatic carbocycles. The third-order valence-corrected chi connectivity index (χ3v) is 3.58. The van der Waals surface area contributed by atoms with Crippen LogP contribution in [-0.4, -0.2) is 10.3 Å². The van der Waals surface area contributed by atoms with Crippen molar-refractivity contribution < 1.29 is 31.0 Å². The van der Waals surface area contributed by atoms with E-state index in [9.17, 15) is 26.3 Å². The zero-order chi connectivity index (χ0) is 17.0. The number of hydrogen-bond donors (Lipinski definition) is 0. The number of fused-ring (bicyclic) bond motifs is 1. The third kappa shape index (κ3) is 1.92. The maximum absolute atomic E-state index is 14.5. The fraction of sp³-hybridized carbons (Fsp3) is 0.143. The lowest BCUT2D eigenvalue weighted by molar-refractivity contribution is 0.315. The molecule has 0 aliphatic heterocycles. The standard InChI is InChI=1S/C14H6F6N2O/c1-3-5(7(15)4(2)14-13(3)21-23-22-14)6-8(16)10(18)12(20)11(19)9(6)17/h1-2H3. The Kier molecular flexibility index (Phi) is 3.31. The van der Waals surface area contributed by atoms with E-state index in [1.54, 1.807) is 0 Å². The van der Waals surface area contributed by atoms with E-state index in [2.05, 4.69) is 14.9 Å². The van der Waals surface area contributed by atoms with Gasteiger partial charge < -0.3 is 0 Å². The number of halogens is 6. The van der Waals surface area contributed by atoms with Gasteiger partial charge >= 0.3 is 0 Å². The van der Waals surface area contributed by atoms with E-state index in [0.717, 1.165) is 0 Å². The van der Waals surface area contributed by atoms with Gasteiger partial charge in [0.1, 0.15) is 16.9 Å². The van der Waals surface area contributed by atoms with Crippen molar-refractivity contribution in [3.05, 3.63) is 46.0 Å². The first-order valence-electron chi connectivity index (χ1n) is 6.20. The number of aryl methyl sites for hydroxylation is 2. The second-order valence-electron chi connectivity index (χ2n) is 4.85. The molecular weight excluding hydrogens is 326 g/mol. The van der Waals surface area contributed by atoms with E-state index in [1.807, 2.05) is 0 Å². The van der Waals surface area contributed by atoms with Crippen LogP contribution >= 0.6 is 0 Å². The number of rotatable bonds is 1. The summed E-state index contributed by atoms with van der Waals surface area (Å²) in [6.45, 7) is 2.43.